The maximum atomic E-state index is 2.20. The molecule has 0 heterocycles. The molecule has 0 saturated carbocycles. The maximum absolute atomic E-state index is 2.20. The summed E-state index contributed by atoms with van der Waals surface area (Å²) < 4.78 is 0. The zero-order valence-corrected chi connectivity index (χ0v) is 12.7. The van der Waals surface area contributed by atoms with Crippen molar-refractivity contribution < 1.29 is 43.4 Å². The standard InChI is InChI=1S/C10H9.C5H5.2Ti/c1-2-6-9(5-1)10-7-3-4-8-10;1-2-4-5-3-1;;/h1-9H;1-5H;;/q2*-1;;+2. The molecule has 0 fully saturated rings. The molecule has 1 aliphatic rings. The van der Waals surface area contributed by atoms with Gasteiger partial charge >= 0.3 is 21.7 Å². The molecule has 2 aromatic rings. The molecule has 0 nitrogen and oxygen atoms in total. The van der Waals surface area contributed by atoms with Gasteiger partial charge in [-0.2, -0.15) is 30.3 Å². The molecule has 82 valence electrons. The molecule has 1 aliphatic carbocycles. The molecule has 0 amide bonds. The molecular weight excluding hydrogens is 276 g/mol. The summed E-state index contributed by atoms with van der Waals surface area (Å²) in [7, 11) is 0. The Bertz CT molecular complexity index is 379. The zero-order chi connectivity index (χ0) is 10.3. The smallest absolute Gasteiger partial charge is 0.214 e. The minimum Gasteiger partial charge on any atom is -0.214 e. The second kappa shape index (κ2) is 9.62. The normalized spacial score (nSPS) is 12.2. The topological polar surface area (TPSA) is 0 Å². The Labute approximate surface area is 133 Å². The molecule has 0 unspecified atom stereocenters. The first-order valence-corrected chi connectivity index (χ1v) is 5.20. The van der Waals surface area contributed by atoms with Crippen LogP contribution in [0.1, 0.15) is 11.5 Å². The Kier molecular flexibility index (Phi) is 9.40. The van der Waals surface area contributed by atoms with Crippen molar-refractivity contribution in [2.24, 2.45) is 0 Å². The van der Waals surface area contributed by atoms with E-state index >= 15 is 0 Å². The molecule has 0 spiro atoms. The van der Waals surface area contributed by atoms with Gasteiger partial charge in [0.15, 0.2) is 0 Å². The van der Waals surface area contributed by atoms with Crippen molar-refractivity contribution in [3.05, 3.63) is 84.5 Å². The molecule has 17 heavy (non-hydrogen) atoms. The van der Waals surface area contributed by atoms with Crippen LogP contribution in [0.15, 0.2) is 78.9 Å². The average molecular weight is 290 g/mol. The van der Waals surface area contributed by atoms with Gasteiger partial charge in [0.05, 0.1) is 0 Å². The molecule has 2 heteroatoms. The Morgan fingerprint density at radius 1 is 0.824 bits per heavy atom. The Balaban J connectivity index is 0.000000318. The van der Waals surface area contributed by atoms with Crippen molar-refractivity contribution in [2.75, 3.05) is 0 Å². The van der Waals surface area contributed by atoms with Gasteiger partial charge in [-0.1, -0.05) is 24.3 Å². The molecule has 3 rings (SSSR count). The van der Waals surface area contributed by atoms with Gasteiger partial charge in [0.25, 0.3) is 0 Å². The third-order valence-electron chi connectivity index (χ3n) is 2.38. The molecule has 0 aromatic heterocycles. The van der Waals surface area contributed by atoms with Crippen LogP contribution in [0.5, 0.6) is 0 Å². The van der Waals surface area contributed by atoms with E-state index in [1.54, 1.807) is 0 Å². The van der Waals surface area contributed by atoms with E-state index in [-0.39, 0.29) is 43.4 Å². The van der Waals surface area contributed by atoms with Crippen molar-refractivity contribution in [2.45, 2.75) is 5.92 Å². The summed E-state index contributed by atoms with van der Waals surface area (Å²) in [4.78, 5) is 0. The van der Waals surface area contributed by atoms with Crippen molar-refractivity contribution in [3.8, 4) is 0 Å². The van der Waals surface area contributed by atoms with Crippen molar-refractivity contribution >= 4 is 0 Å². The van der Waals surface area contributed by atoms with Crippen LogP contribution < -0.4 is 0 Å². The van der Waals surface area contributed by atoms with Gasteiger partial charge in [-0.15, -0.1) is 5.56 Å². The van der Waals surface area contributed by atoms with E-state index in [1.807, 2.05) is 30.3 Å². The van der Waals surface area contributed by atoms with Crippen LogP contribution in [0.2, 0.25) is 0 Å². The predicted octanol–water partition coefficient (Wildman–Crippen LogP) is 4.02. The largest absolute Gasteiger partial charge is 2.00 e. The molecule has 0 aliphatic heterocycles. The summed E-state index contributed by atoms with van der Waals surface area (Å²) in [6.07, 6.45) is 8.60. The van der Waals surface area contributed by atoms with Crippen molar-refractivity contribution in [1.29, 1.82) is 0 Å². The fourth-order valence-corrected chi connectivity index (χ4v) is 1.59. The summed E-state index contributed by atoms with van der Waals surface area (Å²) in [5, 5.41) is 0. The van der Waals surface area contributed by atoms with Crippen LogP contribution in [0, 0.1) is 0 Å². The van der Waals surface area contributed by atoms with E-state index in [2.05, 4.69) is 48.6 Å². The summed E-state index contributed by atoms with van der Waals surface area (Å²) in [5.74, 6) is 0.537. The molecule has 2 aromatic carbocycles. The van der Waals surface area contributed by atoms with E-state index < -0.39 is 0 Å². The summed E-state index contributed by atoms with van der Waals surface area (Å²) in [5.41, 5.74) is 1.39. The Morgan fingerprint density at radius 2 is 1.35 bits per heavy atom. The first-order chi connectivity index (χ1) is 7.47. The van der Waals surface area contributed by atoms with E-state index in [4.69, 9.17) is 0 Å². The fourth-order valence-electron chi connectivity index (χ4n) is 1.59. The monoisotopic (exact) mass is 290 g/mol. The van der Waals surface area contributed by atoms with Crippen LogP contribution in [-0.4, -0.2) is 0 Å². The fraction of sp³-hybridized carbons (Fsp3) is 0.0667. The van der Waals surface area contributed by atoms with E-state index in [9.17, 15) is 0 Å². The van der Waals surface area contributed by atoms with Crippen molar-refractivity contribution in [3.63, 3.8) is 0 Å². The number of rotatable bonds is 1. The van der Waals surface area contributed by atoms with Crippen LogP contribution in [0.3, 0.4) is 0 Å². The van der Waals surface area contributed by atoms with Gasteiger partial charge in [0, 0.05) is 21.7 Å². The van der Waals surface area contributed by atoms with Gasteiger partial charge in [-0.05, 0) is 5.92 Å². The van der Waals surface area contributed by atoms with Gasteiger partial charge in [0.2, 0.25) is 0 Å². The number of allylic oxidation sites excluding steroid dienone is 4. The molecular formula is C15H14Ti2. The molecule has 0 bridgehead atoms. The second-order valence-electron chi connectivity index (χ2n) is 3.48. The SMILES string of the molecule is C1=CC([c-]2cccc2)C=C1.[Ti+2].[Ti].c1cc[cH-]c1. The third-order valence-corrected chi connectivity index (χ3v) is 2.38. The average Bonchev–Trinajstić information content (AvgIpc) is 3.06. The first kappa shape index (κ1) is 16.6. The minimum atomic E-state index is 0. The zero-order valence-electron chi connectivity index (χ0n) is 9.58. The summed E-state index contributed by atoms with van der Waals surface area (Å²) in [6.45, 7) is 0. The van der Waals surface area contributed by atoms with Crippen LogP contribution in [-0.2, 0) is 43.4 Å². The van der Waals surface area contributed by atoms with Gasteiger partial charge in [-0.3, -0.25) is 0 Å². The van der Waals surface area contributed by atoms with Crippen LogP contribution >= 0.6 is 0 Å². The number of hydrogen-bond donors (Lipinski definition) is 0. The molecule has 0 N–H and O–H groups in total. The maximum Gasteiger partial charge on any atom is 2.00 e. The minimum absolute atomic E-state index is 0. The summed E-state index contributed by atoms with van der Waals surface area (Å²) >= 11 is 0. The van der Waals surface area contributed by atoms with Crippen molar-refractivity contribution in [1.82, 2.24) is 0 Å². The molecule has 0 saturated heterocycles. The quantitative estimate of drug-likeness (QED) is 0.550. The predicted molar refractivity (Wildman–Crippen MR) is 65.1 cm³/mol. The summed E-state index contributed by atoms with van der Waals surface area (Å²) in [6, 6.07) is 18.5. The van der Waals surface area contributed by atoms with E-state index in [1.165, 1.54) is 5.56 Å². The Morgan fingerprint density at radius 3 is 1.76 bits per heavy atom. The van der Waals surface area contributed by atoms with Crippen LogP contribution in [0.25, 0.3) is 0 Å². The van der Waals surface area contributed by atoms with Gasteiger partial charge < -0.3 is 0 Å². The van der Waals surface area contributed by atoms with Crippen LogP contribution in [0.4, 0.5) is 0 Å². The number of hydrogen-bond acceptors (Lipinski definition) is 0. The van der Waals surface area contributed by atoms with Gasteiger partial charge in [-0.25, -0.2) is 24.3 Å². The first-order valence-electron chi connectivity index (χ1n) is 5.20. The van der Waals surface area contributed by atoms with Gasteiger partial charge in [0.1, 0.15) is 0 Å². The molecule has 0 radical (unpaired) electrons. The van der Waals surface area contributed by atoms with E-state index in [0.29, 0.717) is 5.92 Å². The molecule has 0 atom stereocenters. The van der Waals surface area contributed by atoms with E-state index in [0.717, 1.165) is 0 Å². The third kappa shape index (κ3) is 5.66. The second-order valence-corrected chi connectivity index (χ2v) is 3.48. The Hall–Kier alpha value is -0.391.